The number of carbonyl (C=O) groups is 4. The molecule has 0 aliphatic carbocycles. The van der Waals surface area contributed by atoms with Gasteiger partial charge in [0.25, 0.3) is 45.9 Å². The second-order valence-corrected chi connectivity index (χ2v) is 33.2. The first-order chi connectivity index (χ1) is 61.6. The Labute approximate surface area is 774 Å². The molecule has 0 fully saturated rings. The number of aliphatic hydroxyl groups excluding tert-OH is 5. The smallest absolute Gasteiger partial charge is 0.275 e. The average Bonchev–Trinajstić information content (AvgIpc) is 1.76. The van der Waals surface area contributed by atoms with Crippen LogP contribution in [0.5, 0.6) is 0 Å². The van der Waals surface area contributed by atoms with Crippen LogP contribution >= 0.6 is 104 Å². The molecular formula is C83H83Cl5N24O13S4. The number of aromatic amines is 4. The van der Waals surface area contributed by atoms with Gasteiger partial charge in [0, 0.05) is 29.8 Å². The molecule has 0 saturated heterocycles. The third-order valence-electron chi connectivity index (χ3n) is 18.0. The molecule has 8 aromatic heterocycles. The number of fused-ring (bicyclic) bond motifs is 1. The van der Waals surface area contributed by atoms with E-state index in [4.69, 9.17) is 96.3 Å². The Balaban J connectivity index is 0.000000179. The van der Waals surface area contributed by atoms with Gasteiger partial charge in [0.2, 0.25) is 0 Å². The van der Waals surface area contributed by atoms with Crippen molar-refractivity contribution in [1.82, 2.24) is 37.4 Å². The summed E-state index contributed by atoms with van der Waals surface area (Å²) in [5, 5.41) is 73.8. The largest absolute Gasteiger partial charge is 0.394 e. The number of pyridine rings is 4. The predicted octanol–water partition coefficient (Wildman–Crippen LogP) is 12.2. The lowest BCUT2D eigenvalue weighted by Gasteiger charge is -2.12. The van der Waals surface area contributed by atoms with Gasteiger partial charge in [0.1, 0.15) is 88.6 Å². The number of nitrogens with two attached hydrogens (primary N) is 4. The SMILES string of the molecule is CC(CO)N=C(N)c1c(Nc2cnc(C(=O)Nc3ccc4ccccc4c3)c(Cl)c2)s[nH]c1=O.Cc1cc(Nc2s[nH]c(=O)c2C(N)=NC(O)CO)ncc1C(=O)Nc1c(C)cccc1Cl.Cc1cccc(Cl)c1NC(=O)c1cnc(Nc2s[nH]c(=O)c2C(N)=NC(C)CO)cc1Cl.Cc1ccccc1NC(=O)c1ncc(Nc2s[nH]c(=O)c2C(N)=NC(C)CO)cc1Cl. The van der Waals surface area contributed by atoms with Crippen LogP contribution in [-0.2, 0) is 0 Å². The van der Waals surface area contributed by atoms with Crippen molar-refractivity contribution in [2.24, 2.45) is 42.9 Å². The molecule has 129 heavy (non-hydrogen) atoms. The highest BCUT2D eigenvalue weighted by atomic mass is 35.5. The van der Waals surface area contributed by atoms with Crippen LogP contribution in [0.25, 0.3) is 10.8 Å². The zero-order chi connectivity index (χ0) is 93.6. The molecule has 672 valence electrons. The highest BCUT2D eigenvalue weighted by Crippen LogP contribution is 2.34. The van der Waals surface area contributed by atoms with Crippen molar-refractivity contribution in [3.63, 3.8) is 0 Å². The number of para-hydroxylation sites is 3. The van der Waals surface area contributed by atoms with Gasteiger partial charge in [0.05, 0.1) is 116 Å². The van der Waals surface area contributed by atoms with Crippen molar-refractivity contribution in [3.8, 4) is 0 Å². The Bertz CT molecular complexity index is 6460. The van der Waals surface area contributed by atoms with Gasteiger partial charge in [-0.15, -0.1) is 0 Å². The van der Waals surface area contributed by atoms with Gasteiger partial charge >= 0.3 is 0 Å². The van der Waals surface area contributed by atoms with Crippen LogP contribution in [0.1, 0.15) is 107 Å². The van der Waals surface area contributed by atoms with E-state index in [1.807, 2.05) is 93.6 Å². The van der Waals surface area contributed by atoms with Crippen molar-refractivity contribution in [1.29, 1.82) is 0 Å². The molecule has 4 amide bonds. The molecule has 4 atom stereocenters. The summed E-state index contributed by atoms with van der Waals surface area (Å²) >= 11 is 35.3. The third kappa shape index (κ3) is 25.9. The van der Waals surface area contributed by atoms with E-state index < -0.39 is 70.9 Å². The van der Waals surface area contributed by atoms with Crippen LogP contribution in [0.2, 0.25) is 25.1 Å². The molecule has 25 N–H and O–H groups in total. The van der Waals surface area contributed by atoms with E-state index in [0.29, 0.717) is 86.9 Å². The Hall–Kier alpha value is -13.1. The summed E-state index contributed by atoms with van der Waals surface area (Å²) in [7, 11) is 0. The topological polar surface area (TPSA) is 602 Å². The molecule has 5 aromatic carbocycles. The first-order valence-electron chi connectivity index (χ1n) is 38.2. The fourth-order valence-corrected chi connectivity index (χ4v) is 15.8. The van der Waals surface area contributed by atoms with E-state index in [1.165, 1.54) is 43.0 Å². The molecule has 0 aliphatic rings. The first kappa shape index (κ1) is 98.1. The lowest BCUT2D eigenvalue weighted by molar-refractivity contribution is 0.101. The highest BCUT2D eigenvalue weighted by molar-refractivity contribution is 7.11. The normalized spacial score (nSPS) is 12.5. The fraction of sp³-hybridized carbons (Fsp3) is 0.181. The molecule has 37 nitrogen and oxygen atoms in total. The van der Waals surface area contributed by atoms with E-state index >= 15 is 0 Å². The molecule has 13 aromatic rings. The number of hydrogen-bond acceptors (Lipinski definition) is 29. The number of aliphatic hydroxyl groups is 5. The average molecular weight is 1930 g/mol. The highest BCUT2D eigenvalue weighted by Gasteiger charge is 2.25. The van der Waals surface area contributed by atoms with Crippen LogP contribution in [0.4, 0.5) is 65.8 Å². The number of H-pyrrole nitrogens is 4. The van der Waals surface area contributed by atoms with Gasteiger partial charge in [-0.05, 0) is 176 Å². The van der Waals surface area contributed by atoms with Gasteiger partial charge in [-0.1, -0.05) is 131 Å². The molecule has 46 heteroatoms. The fourth-order valence-electron chi connectivity index (χ4n) is 11.5. The molecule has 0 saturated carbocycles. The summed E-state index contributed by atoms with van der Waals surface area (Å²) in [5.41, 5.74) is 29.4. The molecule has 13 rings (SSSR count). The van der Waals surface area contributed by atoms with Crippen molar-refractivity contribution in [2.75, 3.05) is 69.0 Å². The summed E-state index contributed by atoms with van der Waals surface area (Å²) in [6, 6.07) is 36.2. The summed E-state index contributed by atoms with van der Waals surface area (Å²) < 4.78 is 10.3. The van der Waals surface area contributed by atoms with E-state index in [0.717, 1.165) is 73.6 Å². The van der Waals surface area contributed by atoms with Crippen molar-refractivity contribution in [2.45, 2.75) is 72.8 Å². The quantitative estimate of drug-likeness (QED) is 0.0160. The van der Waals surface area contributed by atoms with E-state index in [2.05, 4.69) is 99.9 Å². The second-order valence-electron chi connectivity index (χ2n) is 27.9. The number of aromatic nitrogens is 8. The van der Waals surface area contributed by atoms with Crippen molar-refractivity contribution in [3.05, 3.63) is 286 Å². The van der Waals surface area contributed by atoms with Crippen LogP contribution in [0, 0.1) is 27.7 Å². The number of aliphatic imine (C=N–C) groups is 4. The van der Waals surface area contributed by atoms with E-state index in [9.17, 15) is 48.6 Å². The van der Waals surface area contributed by atoms with Crippen LogP contribution in [-0.4, -0.2) is 161 Å². The lowest BCUT2D eigenvalue weighted by Crippen LogP contribution is -2.25. The zero-order valence-electron chi connectivity index (χ0n) is 69.0. The molecule has 0 spiro atoms. The van der Waals surface area contributed by atoms with E-state index in [1.54, 1.807) is 64.1 Å². The minimum absolute atomic E-state index is 0.000153. The number of anilines is 12. The minimum atomic E-state index is -1.44. The van der Waals surface area contributed by atoms with Crippen LogP contribution in [0.3, 0.4) is 0 Å². The van der Waals surface area contributed by atoms with Gasteiger partial charge < -0.3 is 91.0 Å². The molecule has 0 bridgehead atoms. The third-order valence-corrected chi connectivity index (χ3v) is 22.7. The number of rotatable bonds is 28. The van der Waals surface area contributed by atoms with Crippen LogP contribution < -0.4 is 87.7 Å². The Kier molecular flexibility index (Phi) is 34.6. The van der Waals surface area contributed by atoms with Gasteiger partial charge in [-0.3, -0.25) is 70.8 Å². The first-order valence-corrected chi connectivity index (χ1v) is 43.4. The molecule has 0 radical (unpaired) electrons. The number of amidine groups is 4. The summed E-state index contributed by atoms with van der Waals surface area (Å²) in [6.45, 7) is 11.1. The van der Waals surface area contributed by atoms with Crippen molar-refractivity contribution >= 4 is 228 Å². The summed E-state index contributed by atoms with van der Waals surface area (Å²) in [6.07, 6.45) is 4.13. The van der Waals surface area contributed by atoms with E-state index in [-0.39, 0.29) is 103 Å². The number of amides is 4. The zero-order valence-corrected chi connectivity index (χ0v) is 76.0. The molecule has 8 heterocycles. The van der Waals surface area contributed by atoms with Crippen molar-refractivity contribution < 1.29 is 44.7 Å². The lowest BCUT2D eigenvalue weighted by atomic mass is 10.1. The monoisotopic (exact) mass is 1930 g/mol. The number of carbonyl (C=O) groups excluding carboxylic acids is 4. The number of nitrogens with one attached hydrogen (secondary N) is 12. The predicted molar refractivity (Wildman–Crippen MR) is 515 cm³/mol. The minimum Gasteiger partial charge on any atom is -0.394 e. The number of benzene rings is 5. The number of hydrogen-bond donors (Lipinski definition) is 21. The van der Waals surface area contributed by atoms with Gasteiger partial charge in [0.15, 0.2) is 6.23 Å². The standard InChI is InChI=1S/C23H21ClN6O3S.C20H20Cl2N6O3S.C20H21ClN6O4S.C20H21ClN6O3S/c1-12(11-31)27-20(25)18-21(32)30-34-23(18)29-16-9-17(24)19(26-10-16)22(33)28-15-7-6-13-4-2-3-5-14(13)8-15;1-9-4-3-5-12(21)16(9)27-18(30)11-7-24-14(6-13(11)22)26-20-15(19(31)28-32-20)17(23)25-10(2)8-29;1-9-4-3-5-12(21)16(9)26-18(30)11-7-23-13(6-10(11)2)24-20-15(19(31)27-32-20)17(22)25-14(29)8-28;1-10-5-3-4-6-14(10)26-19(30)16-13(21)7-12(8-23-16)25-20-15(18(29)27-31-20)17(22)24-11(2)9-28/h2-10,12,29,31H,11H2,1H3,(H2,25,27)(H,28,33)(H,30,32);3-7,10,29H,8H2,1-2H3,(H2,23,25)(H,24,26)(H,27,30)(H,28,31);3-7,14,28-29H,8H2,1-2H3,(H2,22,25)(H,23,24)(H,26,30)(H,27,31);3-8,11,25,28H,9H2,1-2H3,(H2,22,24)(H,26,30)(H,27,29). The Morgan fingerprint density at radius 1 is 0.388 bits per heavy atom. The maximum Gasteiger partial charge on any atom is 0.275 e. The number of nitrogens with zero attached hydrogens (tertiary/aromatic N) is 8. The molecular weight excluding hydrogens is 1850 g/mol. The maximum atomic E-state index is 12.7. The van der Waals surface area contributed by atoms with Gasteiger partial charge in [-0.25, -0.2) is 24.9 Å². The summed E-state index contributed by atoms with van der Waals surface area (Å²) in [5.74, 6) is -1.32. The number of aryl methyl sites for hydroxylation is 4. The van der Waals surface area contributed by atoms with Gasteiger partial charge in [-0.2, -0.15) is 0 Å². The second kappa shape index (κ2) is 45.5. The Morgan fingerprint density at radius 3 is 1.20 bits per heavy atom. The molecule has 4 unspecified atom stereocenters. The Morgan fingerprint density at radius 2 is 0.783 bits per heavy atom. The molecule has 0 aliphatic heterocycles. The maximum absolute atomic E-state index is 12.7. The summed E-state index contributed by atoms with van der Waals surface area (Å²) in [4.78, 5) is 132. The van der Waals surface area contributed by atoms with Crippen LogP contribution in [0.15, 0.2) is 191 Å². The number of halogens is 5.